The zero-order valence-corrected chi connectivity index (χ0v) is 13.7. The number of pyridine rings is 1. The second-order valence-corrected chi connectivity index (χ2v) is 7.32. The van der Waals surface area contributed by atoms with Gasteiger partial charge in [0.2, 0.25) is 0 Å². The minimum Gasteiger partial charge on any atom is -0.282 e. The van der Waals surface area contributed by atoms with Crippen molar-refractivity contribution in [3.8, 4) is 11.3 Å². The molecular formula is C19H16FN5. The number of hydrogen-bond donors (Lipinski definition) is 2. The Kier molecular flexibility index (Phi) is 2.40. The van der Waals surface area contributed by atoms with Crippen LogP contribution in [0.5, 0.6) is 0 Å². The van der Waals surface area contributed by atoms with Crippen molar-refractivity contribution in [1.29, 1.82) is 0 Å². The van der Waals surface area contributed by atoms with Crippen molar-refractivity contribution >= 4 is 21.8 Å². The van der Waals surface area contributed by atoms with E-state index in [4.69, 9.17) is 4.98 Å². The van der Waals surface area contributed by atoms with Crippen LogP contribution < -0.4 is 0 Å². The molecule has 2 aliphatic rings. The zero-order valence-electron chi connectivity index (χ0n) is 13.7. The summed E-state index contributed by atoms with van der Waals surface area (Å²) in [7, 11) is 0. The third-order valence-corrected chi connectivity index (χ3v) is 6.04. The summed E-state index contributed by atoms with van der Waals surface area (Å²) in [6, 6.07) is 1.50. The van der Waals surface area contributed by atoms with Gasteiger partial charge in [0.15, 0.2) is 5.82 Å². The van der Waals surface area contributed by atoms with Gasteiger partial charge >= 0.3 is 0 Å². The fourth-order valence-electron chi connectivity index (χ4n) is 5.00. The first kappa shape index (κ1) is 13.5. The quantitative estimate of drug-likeness (QED) is 0.545. The molecule has 3 aromatic heterocycles. The molecule has 0 radical (unpaired) electrons. The third-order valence-electron chi connectivity index (χ3n) is 6.04. The number of benzene rings is 1. The minimum atomic E-state index is -0.292. The smallest absolute Gasteiger partial charge is 0.151 e. The molecule has 6 rings (SSSR count). The number of aromatic amines is 2. The fraction of sp³-hybridized carbons (Fsp3) is 0.316. The first-order valence-electron chi connectivity index (χ1n) is 8.71. The van der Waals surface area contributed by atoms with Crippen molar-refractivity contribution in [2.24, 2.45) is 0 Å². The molecule has 4 aromatic rings. The van der Waals surface area contributed by atoms with Crippen molar-refractivity contribution < 1.29 is 4.39 Å². The van der Waals surface area contributed by atoms with Gasteiger partial charge in [0, 0.05) is 28.1 Å². The van der Waals surface area contributed by atoms with E-state index in [2.05, 4.69) is 20.4 Å². The van der Waals surface area contributed by atoms with Crippen molar-refractivity contribution in [2.75, 3.05) is 0 Å². The van der Waals surface area contributed by atoms with Crippen LogP contribution in [-0.4, -0.2) is 25.4 Å². The Labute approximate surface area is 142 Å². The van der Waals surface area contributed by atoms with Gasteiger partial charge in [-0.15, -0.1) is 0 Å². The topological polar surface area (TPSA) is 70.2 Å². The Bertz CT molecular complexity index is 1170. The summed E-state index contributed by atoms with van der Waals surface area (Å²) < 4.78 is 14.9. The largest absolute Gasteiger partial charge is 0.282 e. The standard InChI is InChI=1S/C19H16FN5/c1-8-11(6-21-24-8)18-16-10-3-2-9(4-10)15(16)17-12-7-22-25-14(12)5-13(20)19(17)23-18/h5-7,9-10H,2-4H2,1H3,(H,21,24)(H,22,25). The van der Waals surface area contributed by atoms with Gasteiger partial charge in [0.25, 0.3) is 0 Å². The van der Waals surface area contributed by atoms with Crippen molar-refractivity contribution in [2.45, 2.75) is 38.0 Å². The summed E-state index contributed by atoms with van der Waals surface area (Å²) in [4.78, 5) is 4.82. The van der Waals surface area contributed by atoms with Crippen LogP contribution >= 0.6 is 0 Å². The molecule has 1 saturated carbocycles. The molecule has 0 aliphatic heterocycles. The van der Waals surface area contributed by atoms with Gasteiger partial charge in [-0.2, -0.15) is 10.2 Å². The van der Waals surface area contributed by atoms with Gasteiger partial charge in [0.05, 0.1) is 23.6 Å². The van der Waals surface area contributed by atoms with E-state index in [0.29, 0.717) is 17.4 Å². The van der Waals surface area contributed by atoms with E-state index in [-0.39, 0.29) is 5.82 Å². The molecule has 1 fully saturated rings. The summed E-state index contributed by atoms with van der Waals surface area (Å²) in [5, 5.41) is 16.1. The van der Waals surface area contributed by atoms with Crippen LogP contribution in [0.3, 0.4) is 0 Å². The Hall–Kier alpha value is -2.76. The monoisotopic (exact) mass is 333 g/mol. The lowest BCUT2D eigenvalue weighted by atomic mass is 9.85. The second-order valence-electron chi connectivity index (χ2n) is 7.32. The molecule has 2 N–H and O–H groups in total. The summed E-state index contributed by atoms with van der Waals surface area (Å²) >= 11 is 0. The molecule has 124 valence electrons. The van der Waals surface area contributed by atoms with Crippen LogP contribution in [0.2, 0.25) is 0 Å². The molecule has 2 aliphatic carbocycles. The Morgan fingerprint density at radius 3 is 2.68 bits per heavy atom. The number of H-pyrrole nitrogens is 2. The maximum absolute atomic E-state index is 14.9. The highest BCUT2D eigenvalue weighted by atomic mass is 19.1. The number of hydrogen-bond acceptors (Lipinski definition) is 3. The molecule has 3 heterocycles. The van der Waals surface area contributed by atoms with Gasteiger partial charge in [-0.3, -0.25) is 10.2 Å². The van der Waals surface area contributed by atoms with Gasteiger partial charge in [0.1, 0.15) is 5.52 Å². The molecular weight excluding hydrogens is 317 g/mol. The number of fused-ring (bicyclic) bond motifs is 9. The molecule has 0 amide bonds. The van der Waals surface area contributed by atoms with E-state index in [0.717, 1.165) is 39.7 Å². The minimum absolute atomic E-state index is 0.292. The third kappa shape index (κ3) is 1.59. The average Bonchev–Trinajstić information content (AvgIpc) is 3.37. The molecule has 2 atom stereocenters. The lowest BCUT2D eigenvalue weighted by Crippen LogP contribution is -2.05. The average molecular weight is 333 g/mol. The van der Waals surface area contributed by atoms with E-state index in [1.807, 2.05) is 13.1 Å². The lowest BCUT2D eigenvalue weighted by Gasteiger charge is -2.21. The Morgan fingerprint density at radius 2 is 1.88 bits per heavy atom. The van der Waals surface area contributed by atoms with Crippen LogP contribution in [0.4, 0.5) is 4.39 Å². The van der Waals surface area contributed by atoms with E-state index in [1.54, 1.807) is 6.20 Å². The van der Waals surface area contributed by atoms with Crippen LogP contribution in [0.15, 0.2) is 18.5 Å². The molecule has 2 unspecified atom stereocenters. The first-order chi connectivity index (χ1) is 12.2. The number of rotatable bonds is 1. The summed E-state index contributed by atoms with van der Waals surface area (Å²) in [5.41, 5.74) is 6.66. The summed E-state index contributed by atoms with van der Waals surface area (Å²) in [6.45, 7) is 1.99. The predicted octanol–water partition coefficient (Wildman–Crippen LogP) is 4.31. The van der Waals surface area contributed by atoms with E-state index in [1.165, 1.54) is 30.0 Å². The second kappa shape index (κ2) is 4.45. The lowest BCUT2D eigenvalue weighted by molar-refractivity contribution is 0.637. The molecule has 2 bridgehead atoms. The first-order valence-corrected chi connectivity index (χ1v) is 8.71. The van der Waals surface area contributed by atoms with E-state index < -0.39 is 0 Å². The summed E-state index contributed by atoms with van der Waals surface area (Å²) in [6.07, 6.45) is 7.13. The maximum Gasteiger partial charge on any atom is 0.151 e. The predicted molar refractivity (Wildman–Crippen MR) is 93.0 cm³/mol. The number of aromatic nitrogens is 5. The molecule has 0 spiro atoms. The Morgan fingerprint density at radius 1 is 1.08 bits per heavy atom. The maximum atomic E-state index is 14.9. The van der Waals surface area contributed by atoms with Crippen LogP contribution in [-0.2, 0) is 0 Å². The number of nitrogens with zero attached hydrogens (tertiary/aromatic N) is 3. The van der Waals surface area contributed by atoms with E-state index in [9.17, 15) is 4.39 Å². The molecule has 0 saturated heterocycles. The van der Waals surface area contributed by atoms with Crippen LogP contribution in [0.1, 0.15) is 47.9 Å². The van der Waals surface area contributed by atoms with Gasteiger partial charge in [-0.1, -0.05) is 0 Å². The van der Waals surface area contributed by atoms with Gasteiger partial charge in [-0.25, -0.2) is 9.37 Å². The highest BCUT2D eigenvalue weighted by molar-refractivity contribution is 6.08. The molecule has 25 heavy (non-hydrogen) atoms. The zero-order chi connectivity index (χ0) is 16.7. The normalized spacial score (nSPS) is 21.5. The molecule has 5 nitrogen and oxygen atoms in total. The van der Waals surface area contributed by atoms with E-state index >= 15 is 0 Å². The number of aryl methyl sites for hydroxylation is 1. The Balaban J connectivity index is 1.84. The number of halogens is 1. The highest BCUT2D eigenvalue weighted by Crippen LogP contribution is 2.58. The van der Waals surface area contributed by atoms with Crippen LogP contribution in [0, 0.1) is 12.7 Å². The summed E-state index contributed by atoms with van der Waals surface area (Å²) in [5.74, 6) is 0.725. The molecule has 1 aromatic carbocycles. The fourth-order valence-corrected chi connectivity index (χ4v) is 5.00. The van der Waals surface area contributed by atoms with Crippen molar-refractivity contribution in [1.82, 2.24) is 25.4 Å². The number of nitrogens with one attached hydrogen (secondary N) is 2. The van der Waals surface area contributed by atoms with Crippen molar-refractivity contribution in [3.05, 3.63) is 41.1 Å². The SMILES string of the molecule is Cc1[nH]ncc1-c1nc2c(F)cc3[nH]ncc3c2c2c1C1CCC2C1. The molecule has 6 heteroatoms. The van der Waals surface area contributed by atoms with Gasteiger partial charge in [-0.05, 0) is 49.1 Å². The van der Waals surface area contributed by atoms with Crippen LogP contribution in [0.25, 0.3) is 33.1 Å². The van der Waals surface area contributed by atoms with Gasteiger partial charge < -0.3 is 0 Å². The van der Waals surface area contributed by atoms with Crippen molar-refractivity contribution in [3.63, 3.8) is 0 Å². The highest BCUT2D eigenvalue weighted by Gasteiger charge is 2.41.